The highest BCUT2D eigenvalue weighted by atomic mass is 79.9. The summed E-state index contributed by atoms with van der Waals surface area (Å²) in [4.78, 5) is 12.5. The standard InChI is InChI=1S/C16H20BrNO3/c1-11-4-6-16(9-17,7-5-11)18-15(19)12-2-3-13-14(8-12)21-10-20-13/h2-3,8,11H,4-7,9-10H2,1H3,(H,18,19). The van der Waals surface area contributed by atoms with Gasteiger partial charge in [-0.15, -0.1) is 0 Å². The van der Waals surface area contributed by atoms with Gasteiger partial charge in [-0.05, 0) is 49.8 Å². The van der Waals surface area contributed by atoms with Crippen molar-refractivity contribution in [2.75, 3.05) is 12.1 Å². The first-order valence-corrected chi connectivity index (χ1v) is 8.52. The summed E-state index contributed by atoms with van der Waals surface area (Å²) < 4.78 is 10.6. The minimum Gasteiger partial charge on any atom is -0.454 e. The molecule has 3 rings (SSSR count). The predicted octanol–water partition coefficient (Wildman–Crippen LogP) is 3.49. The van der Waals surface area contributed by atoms with Gasteiger partial charge in [0, 0.05) is 10.9 Å². The number of alkyl halides is 1. The summed E-state index contributed by atoms with van der Waals surface area (Å²) in [6.45, 7) is 2.50. The third kappa shape index (κ3) is 3.03. The molecular formula is C16H20BrNO3. The highest BCUT2D eigenvalue weighted by Crippen LogP contribution is 2.35. The van der Waals surface area contributed by atoms with E-state index in [4.69, 9.17) is 9.47 Å². The molecule has 4 nitrogen and oxygen atoms in total. The molecule has 0 atom stereocenters. The topological polar surface area (TPSA) is 47.6 Å². The van der Waals surface area contributed by atoms with Crippen LogP contribution in [0.4, 0.5) is 0 Å². The van der Waals surface area contributed by atoms with Crippen LogP contribution in [0.3, 0.4) is 0 Å². The third-order valence-electron chi connectivity index (χ3n) is 4.50. The number of rotatable bonds is 3. The maximum Gasteiger partial charge on any atom is 0.251 e. The van der Waals surface area contributed by atoms with Crippen LogP contribution >= 0.6 is 15.9 Å². The Morgan fingerprint density at radius 2 is 2.05 bits per heavy atom. The molecule has 0 unspecified atom stereocenters. The second kappa shape index (κ2) is 5.87. The Bertz CT molecular complexity index is 538. The Hall–Kier alpha value is -1.23. The lowest BCUT2D eigenvalue weighted by Gasteiger charge is -2.39. The molecule has 21 heavy (non-hydrogen) atoms. The molecule has 1 N–H and O–H groups in total. The van der Waals surface area contributed by atoms with Crippen molar-refractivity contribution in [3.63, 3.8) is 0 Å². The molecule has 0 radical (unpaired) electrons. The Balaban J connectivity index is 1.73. The maximum atomic E-state index is 12.5. The quantitative estimate of drug-likeness (QED) is 0.846. The molecule has 1 saturated carbocycles. The average Bonchev–Trinajstić information content (AvgIpc) is 2.97. The van der Waals surface area contributed by atoms with Crippen LogP contribution in [-0.4, -0.2) is 23.6 Å². The zero-order valence-corrected chi connectivity index (χ0v) is 13.7. The van der Waals surface area contributed by atoms with Crippen LogP contribution < -0.4 is 14.8 Å². The molecule has 0 bridgehead atoms. The monoisotopic (exact) mass is 353 g/mol. The molecule has 0 saturated heterocycles. The summed E-state index contributed by atoms with van der Waals surface area (Å²) >= 11 is 3.58. The van der Waals surface area contributed by atoms with E-state index in [0.29, 0.717) is 17.1 Å². The molecule has 0 spiro atoms. The Morgan fingerprint density at radius 1 is 1.33 bits per heavy atom. The Kier molecular flexibility index (Phi) is 4.11. The van der Waals surface area contributed by atoms with Crippen molar-refractivity contribution in [1.82, 2.24) is 5.32 Å². The van der Waals surface area contributed by atoms with Gasteiger partial charge in [0.2, 0.25) is 6.79 Å². The van der Waals surface area contributed by atoms with E-state index in [1.165, 1.54) is 0 Å². The molecule has 1 aromatic carbocycles. The van der Waals surface area contributed by atoms with Gasteiger partial charge >= 0.3 is 0 Å². The maximum absolute atomic E-state index is 12.5. The van der Waals surface area contributed by atoms with Crippen molar-refractivity contribution >= 4 is 21.8 Å². The molecule has 1 amide bonds. The summed E-state index contributed by atoms with van der Waals surface area (Å²) in [6.07, 6.45) is 4.37. The molecule has 1 aliphatic heterocycles. The van der Waals surface area contributed by atoms with Crippen molar-refractivity contribution in [3.8, 4) is 11.5 Å². The van der Waals surface area contributed by atoms with Gasteiger partial charge in [0.1, 0.15) is 0 Å². The Labute approximate surface area is 133 Å². The summed E-state index contributed by atoms with van der Waals surface area (Å²) in [5, 5.41) is 4.02. The fourth-order valence-corrected chi connectivity index (χ4v) is 3.66. The first kappa shape index (κ1) is 14.7. The van der Waals surface area contributed by atoms with Crippen LogP contribution in [0.15, 0.2) is 18.2 Å². The molecule has 0 aromatic heterocycles. The van der Waals surface area contributed by atoms with E-state index in [9.17, 15) is 4.79 Å². The lowest BCUT2D eigenvalue weighted by molar-refractivity contribution is 0.0874. The zero-order chi connectivity index (χ0) is 14.9. The van der Waals surface area contributed by atoms with Crippen molar-refractivity contribution in [1.29, 1.82) is 0 Å². The van der Waals surface area contributed by atoms with E-state index < -0.39 is 0 Å². The van der Waals surface area contributed by atoms with E-state index in [0.717, 1.165) is 36.9 Å². The Morgan fingerprint density at radius 3 is 2.76 bits per heavy atom. The summed E-state index contributed by atoms with van der Waals surface area (Å²) in [6, 6.07) is 5.34. The molecule has 1 fully saturated rings. The van der Waals surface area contributed by atoms with Crippen LogP contribution in [0.5, 0.6) is 11.5 Å². The number of halogens is 1. The second-order valence-corrected chi connectivity index (χ2v) is 6.68. The normalized spacial score (nSPS) is 27.4. The minimum atomic E-state index is -0.125. The number of nitrogens with one attached hydrogen (secondary N) is 1. The number of benzene rings is 1. The van der Waals surface area contributed by atoms with E-state index in [1.54, 1.807) is 18.2 Å². The first-order chi connectivity index (χ1) is 10.1. The molecule has 5 heteroatoms. The molecule has 1 aliphatic carbocycles. The van der Waals surface area contributed by atoms with Gasteiger partial charge < -0.3 is 14.8 Å². The number of amides is 1. The first-order valence-electron chi connectivity index (χ1n) is 7.40. The van der Waals surface area contributed by atoms with Gasteiger partial charge in [-0.1, -0.05) is 22.9 Å². The lowest BCUT2D eigenvalue weighted by atomic mass is 9.78. The number of carbonyl (C=O) groups is 1. The van der Waals surface area contributed by atoms with Crippen molar-refractivity contribution in [2.24, 2.45) is 5.92 Å². The van der Waals surface area contributed by atoms with Gasteiger partial charge in [-0.25, -0.2) is 0 Å². The van der Waals surface area contributed by atoms with Crippen LogP contribution in [-0.2, 0) is 0 Å². The van der Waals surface area contributed by atoms with Gasteiger partial charge in [-0.3, -0.25) is 4.79 Å². The van der Waals surface area contributed by atoms with Gasteiger partial charge in [0.05, 0.1) is 5.54 Å². The SMILES string of the molecule is CC1CCC(CBr)(NC(=O)c2ccc3c(c2)OCO3)CC1. The van der Waals surface area contributed by atoms with Gasteiger partial charge in [0.15, 0.2) is 11.5 Å². The van der Waals surface area contributed by atoms with Gasteiger partial charge in [-0.2, -0.15) is 0 Å². The van der Waals surface area contributed by atoms with E-state index >= 15 is 0 Å². The van der Waals surface area contributed by atoms with E-state index in [-0.39, 0.29) is 18.2 Å². The van der Waals surface area contributed by atoms with E-state index in [1.807, 2.05) is 0 Å². The molecule has 2 aliphatic rings. The number of carbonyl (C=O) groups excluding carboxylic acids is 1. The summed E-state index contributed by atoms with van der Waals surface area (Å²) in [5.41, 5.74) is 0.498. The number of hydrogen-bond acceptors (Lipinski definition) is 3. The summed E-state index contributed by atoms with van der Waals surface area (Å²) in [5.74, 6) is 2.06. The third-order valence-corrected chi connectivity index (χ3v) is 5.57. The molecule has 1 aromatic rings. The number of fused-ring (bicyclic) bond motifs is 1. The highest BCUT2D eigenvalue weighted by molar-refractivity contribution is 9.09. The van der Waals surface area contributed by atoms with Crippen LogP contribution in [0.25, 0.3) is 0 Å². The molecule has 1 heterocycles. The van der Waals surface area contributed by atoms with Crippen LogP contribution in [0.1, 0.15) is 43.0 Å². The average molecular weight is 354 g/mol. The largest absolute Gasteiger partial charge is 0.454 e. The van der Waals surface area contributed by atoms with Crippen LogP contribution in [0.2, 0.25) is 0 Å². The van der Waals surface area contributed by atoms with Crippen molar-refractivity contribution < 1.29 is 14.3 Å². The van der Waals surface area contributed by atoms with Crippen LogP contribution in [0, 0.1) is 5.92 Å². The number of hydrogen-bond donors (Lipinski definition) is 1. The summed E-state index contributed by atoms with van der Waals surface area (Å²) in [7, 11) is 0. The molecule has 114 valence electrons. The van der Waals surface area contributed by atoms with Gasteiger partial charge in [0.25, 0.3) is 5.91 Å². The fourth-order valence-electron chi connectivity index (χ4n) is 2.96. The second-order valence-electron chi connectivity index (χ2n) is 6.12. The highest BCUT2D eigenvalue weighted by Gasteiger charge is 2.35. The van der Waals surface area contributed by atoms with E-state index in [2.05, 4.69) is 28.2 Å². The fraction of sp³-hybridized carbons (Fsp3) is 0.562. The lowest BCUT2D eigenvalue weighted by Crippen LogP contribution is -2.52. The van der Waals surface area contributed by atoms with Crippen molar-refractivity contribution in [2.45, 2.75) is 38.1 Å². The minimum absolute atomic E-state index is 0.0395. The smallest absolute Gasteiger partial charge is 0.251 e. The molecular weight excluding hydrogens is 334 g/mol. The number of ether oxygens (including phenoxy) is 2. The zero-order valence-electron chi connectivity index (χ0n) is 12.2. The van der Waals surface area contributed by atoms with Crippen molar-refractivity contribution in [3.05, 3.63) is 23.8 Å². The predicted molar refractivity (Wildman–Crippen MR) is 84.2 cm³/mol.